The predicted molar refractivity (Wildman–Crippen MR) is 144 cm³/mol. The largest absolute Gasteiger partial charge is 0.507 e. The normalized spacial score (nSPS) is 20.2. The SMILES string of the molecule is CNC[C@H]1CN(CC(=O)c2cc(C(C)(C)C)c(O)c(C(C)(C)C)c2)C(=NBr)[C@@H]1c1ccccc1. The van der Waals surface area contributed by atoms with Crippen LogP contribution < -0.4 is 5.32 Å². The van der Waals surface area contributed by atoms with Crippen LogP contribution in [0.3, 0.4) is 0 Å². The van der Waals surface area contributed by atoms with Crippen molar-refractivity contribution in [2.45, 2.75) is 58.3 Å². The first-order valence-electron chi connectivity index (χ1n) is 11.9. The Labute approximate surface area is 213 Å². The van der Waals surface area contributed by atoms with E-state index in [0.717, 1.165) is 30.1 Å². The molecule has 6 heteroatoms. The molecule has 5 nitrogen and oxygen atoms in total. The molecule has 2 N–H and O–H groups in total. The van der Waals surface area contributed by atoms with Gasteiger partial charge in [0.2, 0.25) is 0 Å². The van der Waals surface area contributed by atoms with Crippen molar-refractivity contribution >= 4 is 27.8 Å². The molecule has 0 saturated carbocycles. The second-order valence-corrected chi connectivity index (χ2v) is 11.7. The highest BCUT2D eigenvalue weighted by molar-refractivity contribution is 9.08. The summed E-state index contributed by atoms with van der Waals surface area (Å²) in [6, 6.07) is 14.1. The number of phenols is 1. The van der Waals surface area contributed by atoms with E-state index in [1.165, 1.54) is 5.56 Å². The molecule has 3 rings (SSSR count). The van der Waals surface area contributed by atoms with Crippen molar-refractivity contribution < 1.29 is 9.90 Å². The molecule has 184 valence electrons. The third-order valence-electron chi connectivity index (χ3n) is 6.62. The lowest BCUT2D eigenvalue weighted by molar-refractivity contribution is 0.0963. The summed E-state index contributed by atoms with van der Waals surface area (Å²) < 4.78 is 4.47. The van der Waals surface area contributed by atoms with Crippen molar-refractivity contribution in [2.24, 2.45) is 9.94 Å². The number of halogens is 1. The summed E-state index contributed by atoms with van der Waals surface area (Å²) in [4.78, 5) is 15.7. The minimum atomic E-state index is -0.285. The van der Waals surface area contributed by atoms with E-state index in [0.29, 0.717) is 17.2 Å². The van der Waals surface area contributed by atoms with Gasteiger partial charge in [0.25, 0.3) is 0 Å². The van der Waals surface area contributed by atoms with Crippen molar-refractivity contribution in [2.75, 3.05) is 26.7 Å². The fourth-order valence-electron chi connectivity index (χ4n) is 4.87. The maximum absolute atomic E-state index is 13.6. The van der Waals surface area contributed by atoms with Gasteiger partial charge in [0.15, 0.2) is 5.78 Å². The van der Waals surface area contributed by atoms with E-state index in [-0.39, 0.29) is 29.1 Å². The molecule has 1 saturated heterocycles. The second-order valence-electron chi connectivity index (χ2n) is 11.4. The van der Waals surface area contributed by atoms with Crippen LogP contribution in [0.1, 0.15) is 74.5 Å². The molecule has 1 heterocycles. The Balaban J connectivity index is 1.97. The molecule has 1 fully saturated rings. The number of nitrogens with one attached hydrogen (secondary N) is 1. The molecule has 34 heavy (non-hydrogen) atoms. The van der Waals surface area contributed by atoms with Crippen LogP contribution in [0.5, 0.6) is 5.75 Å². The molecule has 0 aromatic heterocycles. The average molecular weight is 529 g/mol. The summed E-state index contributed by atoms with van der Waals surface area (Å²) in [6.45, 7) is 14.2. The van der Waals surface area contributed by atoms with Crippen LogP contribution in [0, 0.1) is 5.92 Å². The lowest BCUT2D eigenvalue weighted by Gasteiger charge is -2.28. The van der Waals surface area contributed by atoms with Crippen LogP contribution in [-0.2, 0) is 10.8 Å². The zero-order chi connectivity index (χ0) is 25.3. The molecular weight excluding hydrogens is 490 g/mol. The first-order chi connectivity index (χ1) is 15.9. The summed E-state index contributed by atoms with van der Waals surface area (Å²) in [5.74, 6) is 1.61. The smallest absolute Gasteiger partial charge is 0.182 e. The van der Waals surface area contributed by atoms with Gasteiger partial charge in [0.05, 0.1) is 22.7 Å². The number of hydrogen-bond acceptors (Lipinski definition) is 4. The zero-order valence-corrected chi connectivity index (χ0v) is 23.0. The number of carbonyl (C=O) groups is 1. The summed E-state index contributed by atoms with van der Waals surface area (Å²) in [7, 11) is 1.96. The predicted octanol–water partition coefficient (Wildman–Crippen LogP) is 5.81. The van der Waals surface area contributed by atoms with Gasteiger partial charge in [-0.1, -0.05) is 71.9 Å². The van der Waals surface area contributed by atoms with Crippen LogP contribution in [0.4, 0.5) is 0 Å². The molecule has 0 bridgehead atoms. The minimum absolute atomic E-state index is 0.0292. The lowest BCUT2D eigenvalue weighted by Crippen LogP contribution is -2.33. The maximum atomic E-state index is 13.6. The molecule has 2 aromatic rings. The number of rotatable bonds is 6. The number of carbonyl (C=O) groups excluding carboxylic acids is 1. The van der Waals surface area contributed by atoms with Gasteiger partial charge in [-0.25, -0.2) is 0 Å². The number of likely N-dealkylation sites (tertiary alicyclic amines) is 1. The Hall–Kier alpha value is -2.18. The van der Waals surface area contributed by atoms with Crippen molar-refractivity contribution in [3.05, 3.63) is 64.7 Å². The van der Waals surface area contributed by atoms with Gasteiger partial charge in [-0.05, 0) is 35.6 Å². The minimum Gasteiger partial charge on any atom is -0.507 e. The van der Waals surface area contributed by atoms with Crippen LogP contribution in [-0.4, -0.2) is 48.3 Å². The van der Waals surface area contributed by atoms with Crippen LogP contribution in [0.2, 0.25) is 0 Å². The van der Waals surface area contributed by atoms with Gasteiger partial charge in [-0.15, -0.1) is 0 Å². The highest BCUT2D eigenvalue weighted by atomic mass is 79.9. The van der Waals surface area contributed by atoms with E-state index in [1.54, 1.807) is 0 Å². The van der Waals surface area contributed by atoms with Gasteiger partial charge >= 0.3 is 0 Å². The molecule has 2 atom stereocenters. The van der Waals surface area contributed by atoms with Crippen molar-refractivity contribution in [1.82, 2.24) is 10.2 Å². The first-order valence-corrected chi connectivity index (χ1v) is 12.6. The number of phenolic OH excluding ortho intramolecular Hbond substituents is 1. The third-order valence-corrected chi connectivity index (χ3v) is 6.99. The second kappa shape index (κ2) is 10.2. The molecular formula is C28H38BrN3O2. The van der Waals surface area contributed by atoms with E-state index in [1.807, 2.05) is 37.4 Å². The van der Waals surface area contributed by atoms with Gasteiger partial charge < -0.3 is 15.3 Å². The number of aromatic hydroxyl groups is 1. The summed E-state index contributed by atoms with van der Waals surface area (Å²) >= 11 is 3.35. The topological polar surface area (TPSA) is 64.9 Å². The Kier molecular flexibility index (Phi) is 7.93. The molecule has 2 aromatic carbocycles. The number of benzene rings is 2. The highest BCUT2D eigenvalue weighted by Gasteiger charge is 2.40. The van der Waals surface area contributed by atoms with E-state index in [4.69, 9.17) is 0 Å². The highest BCUT2D eigenvalue weighted by Crippen LogP contribution is 2.40. The molecule has 0 radical (unpaired) electrons. The van der Waals surface area contributed by atoms with E-state index in [9.17, 15) is 9.90 Å². The standard InChI is InChI=1S/C28H38BrN3O2/c1-27(2,3)21-13-19(14-22(25(21)34)28(4,5)6)23(33)17-32-16-20(15-30-7)24(26(32)31-29)18-11-9-8-10-12-18/h8-14,20,24,30,34H,15-17H2,1-7H3/t20-,24+/m0/s1. The summed E-state index contributed by atoms with van der Waals surface area (Å²) in [5, 5.41) is 14.3. The van der Waals surface area contributed by atoms with E-state index < -0.39 is 0 Å². The summed E-state index contributed by atoms with van der Waals surface area (Å²) in [6.07, 6.45) is 0. The van der Waals surface area contributed by atoms with E-state index in [2.05, 4.69) is 84.1 Å². The van der Waals surface area contributed by atoms with Crippen molar-refractivity contribution in [1.29, 1.82) is 0 Å². The fourth-order valence-corrected chi connectivity index (χ4v) is 5.32. The molecule has 0 aliphatic carbocycles. The lowest BCUT2D eigenvalue weighted by atomic mass is 9.78. The van der Waals surface area contributed by atoms with Gasteiger partial charge in [-0.3, -0.25) is 4.79 Å². The quantitative estimate of drug-likeness (QED) is 0.465. The average Bonchev–Trinajstić information content (AvgIpc) is 3.09. The van der Waals surface area contributed by atoms with Crippen molar-refractivity contribution in [3.8, 4) is 5.75 Å². The first kappa shape index (κ1) is 26.4. The molecule has 1 aliphatic heterocycles. The summed E-state index contributed by atoms with van der Waals surface area (Å²) in [5.41, 5.74) is 2.86. The number of nitrogens with zero attached hydrogens (tertiary/aromatic N) is 2. The maximum Gasteiger partial charge on any atom is 0.182 e. The van der Waals surface area contributed by atoms with Gasteiger partial charge in [-0.2, -0.15) is 4.02 Å². The Bertz CT molecular complexity index is 1020. The zero-order valence-electron chi connectivity index (χ0n) is 21.4. The third kappa shape index (κ3) is 5.55. The molecule has 0 amide bonds. The monoisotopic (exact) mass is 527 g/mol. The van der Waals surface area contributed by atoms with Crippen LogP contribution in [0.25, 0.3) is 0 Å². The van der Waals surface area contributed by atoms with Crippen molar-refractivity contribution in [3.63, 3.8) is 0 Å². The Morgan fingerprint density at radius 1 is 1.09 bits per heavy atom. The van der Waals surface area contributed by atoms with E-state index >= 15 is 0 Å². The number of hydrogen-bond donors (Lipinski definition) is 2. The fraction of sp³-hybridized carbons (Fsp3) is 0.500. The number of Topliss-reactive ketones (excluding diaryl/α,β-unsaturated/α-hetero) is 1. The Morgan fingerprint density at radius 3 is 2.12 bits per heavy atom. The molecule has 0 spiro atoms. The van der Waals surface area contributed by atoms with Gasteiger partial charge in [0, 0.05) is 41.6 Å². The van der Waals surface area contributed by atoms with Crippen LogP contribution in [0.15, 0.2) is 46.5 Å². The number of amidine groups is 1. The molecule has 1 aliphatic rings. The van der Waals surface area contributed by atoms with Gasteiger partial charge in [0.1, 0.15) is 11.6 Å². The number of ketones is 1. The Morgan fingerprint density at radius 2 is 1.65 bits per heavy atom. The molecule has 0 unspecified atom stereocenters. The van der Waals surface area contributed by atoms with Crippen LogP contribution >= 0.6 is 16.1 Å².